The van der Waals surface area contributed by atoms with Crippen LogP contribution >= 0.6 is 12.2 Å². The third-order valence-corrected chi connectivity index (χ3v) is 3.21. The van der Waals surface area contributed by atoms with Gasteiger partial charge in [0.1, 0.15) is 5.75 Å². The zero-order chi connectivity index (χ0) is 14.4. The Morgan fingerprint density at radius 1 is 1.05 bits per heavy atom. The summed E-state index contributed by atoms with van der Waals surface area (Å²) < 4.78 is 5.15. The summed E-state index contributed by atoms with van der Waals surface area (Å²) in [4.78, 5) is 0. The van der Waals surface area contributed by atoms with Crippen molar-refractivity contribution in [3.05, 3.63) is 60.2 Å². The Morgan fingerprint density at radius 2 is 1.70 bits per heavy atom. The third kappa shape index (κ3) is 3.96. The summed E-state index contributed by atoms with van der Waals surface area (Å²) >= 11 is 5.31. The molecule has 0 heterocycles. The van der Waals surface area contributed by atoms with Gasteiger partial charge in [0.15, 0.2) is 5.11 Å². The fourth-order valence-electron chi connectivity index (χ4n) is 1.86. The topological polar surface area (TPSA) is 33.3 Å². The van der Waals surface area contributed by atoms with Crippen molar-refractivity contribution in [2.75, 3.05) is 12.4 Å². The first-order valence-corrected chi connectivity index (χ1v) is 6.86. The lowest BCUT2D eigenvalue weighted by molar-refractivity contribution is 0.414. The molecule has 1 unspecified atom stereocenters. The second-order valence-electron chi connectivity index (χ2n) is 4.46. The lowest BCUT2D eigenvalue weighted by Crippen LogP contribution is -2.30. The maximum atomic E-state index is 5.31. The second kappa shape index (κ2) is 6.91. The van der Waals surface area contributed by atoms with Crippen LogP contribution in [0.25, 0.3) is 0 Å². The number of methoxy groups -OCH3 is 1. The Bertz CT molecular complexity index is 554. The van der Waals surface area contributed by atoms with Gasteiger partial charge in [0.2, 0.25) is 0 Å². The van der Waals surface area contributed by atoms with Crippen molar-refractivity contribution < 1.29 is 4.74 Å². The van der Waals surface area contributed by atoms with Gasteiger partial charge in [-0.15, -0.1) is 0 Å². The van der Waals surface area contributed by atoms with Crippen LogP contribution in [-0.2, 0) is 0 Å². The van der Waals surface area contributed by atoms with E-state index in [1.54, 1.807) is 7.11 Å². The van der Waals surface area contributed by atoms with Crippen molar-refractivity contribution in [3.63, 3.8) is 0 Å². The van der Waals surface area contributed by atoms with E-state index in [1.165, 1.54) is 0 Å². The van der Waals surface area contributed by atoms with E-state index in [0.717, 1.165) is 17.0 Å². The maximum Gasteiger partial charge on any atom is 0.171 e. The van der Waals surface area contributed by atoms with Crippen molar-refractivity contribution in [1.82, 2.24) is 5.32 Å². The van der Waals surface area contributed by atoms with Crippen LogP contribution in [0.3, 0.4) is 0 Å². The number of nitrogens with one attached hydrogen (secondary N) is 2. The molecule has 4 heteroatoms. The fourth-order valence-corrected chi connectivity index (χ4v) is 2.16. The Kier molecular flexibility index (Phi) is 4.96. The molecular formula is C16H18N2OS. The molecule has 0 bridgehead atoms. The van der Waals surface area contributed by atoms with E-state index in [4.69, 9.17) is 17.0 Å². The first-order valence-electron chi connectivity index (χ1n) is 6.45. The summed E-state index contributed by atoms with van der Waals surface area (Å²) in [5.41, 5.74) is 2.13. The van der Waals surface area contributed by atoms with Gasteiger partial charge in [-0.05, 0) is 49.0 Å². The molecule has 3 nitrogen and oxygen atoms in total. The summed E-state index contributed by atoms with van der Waals surface area (Å²) in [5, 5.41) is 7.03. The molecule has 2 N–H and O–H groups in total. The van der Waals surface area contributed by atoms with Crippen LogP contribution < -0.4 is 15.4 Å². The highest BCUT2D eigenvalue weighted by Gasteiger charge is 2.07. The molecule has 0 radical (unpaired) electrons. The average Bonchev–Trinajstić information content (AvgIpc) is 2.48. The minimum absolute atomic E-state index is 0.129. The van der Waals surface area contributed by atoms with E-state index >= 15 is 0 Å². The highest BCUT2D eigenvalue weighted by molar-refractivity contribution is 7.80. The number of para-hydroxylation sites is 1. The Balaban J connectivity index is 1.93. The van der Waals surface area contributed by atoms with E-state index in [1.807, 2.05) is 54.6 Å². The van der Waals surface area contributed by atoms with Crippen LogP contribution in [-0.4, -0.2) is 12.2 Å². The molecule has 104 valence electrons. The molecule has 20 heavy (non-hydrogen) atoms. The number of hydrogen-bond donors (Lipinski definition) is 2. The van der Waals surface area contributed by atoms with Crippen molar-refractivity contribution in [2.45, 2.75) is 13.0 Å². The van der Waals surface area contributed by atoms with Gasteiger partial charge in [-0.1, -0.05) is 30.3 Å². The van der Waals surface area contributed by atoms with Crippen molar-refractivity contribution in [3.8, 4) is 5.75 Å². The number of thiocarbonyl (C=S) groups is 1. The van der Waals surface area contributed by atoms with Crippen LogP contribution in [0.2, 0.25) is 0 Å². The van der Waals surface area contributed by atoms with Crippen LogP contribution in [0.15, 0.2) is 54.6 Å². The molecule has 0 spiro atoms. The largest absolute Gasteiger partial charge is 0.497 e. The van der Waals surface area contributed by atoms with Gasteiger partial charge in [0.05, 0.1) is 13.2 Å². The predicted molar refractivity (Wildman–Crippen MR) is 87.2 cm³/mol. The number of benzene rings is 2. The molecule has 0 aliphatic heterocycles. The van der Waals surface area contributed by atoms with Gasteiger partial charge in [-0.3, -0.25) is 0 Å². The molecule has 1 atom stereocenters. The number of hydrogen-bond acceptors (Lipinski definition) is 2. The van der Waals surface area contributed by atoms with Crippen LogP contribution in [0.1, 0.15) is 18.5 Å². The Hall–Kier alpha value is -2.07. The summed E-state index contributed by atoms with van der Waals surface area (Å²) in [6, 6.07) is 17.9. The van der Waals surface area contributed by atoms with Gasteiger partial charge in [0.25, 0.3) is 0 Å². The molecule has 0 aromatic heterocycles. The lowest BCUT2D eigenvalue weighted by Gasteiger charge is -2.17. The highest BCUT2D eigenvalue weighted by Crippen LogP contribution is 2.17. The second-order valence-corrected chi connectivity index (χ2v) is 4.87. The van der Waals surface area contributed by atoms with Crippen LogP contribution in [0.5, 0.6) is 5.75 Å². The zero-order valence-corrected chi connectivity index (χ0v) is 12.4. The molecule has 0 fully saturated rings. The van der Waals surface area contributed by atoms with Gasteiger partial charge >= 0.3 is 0 Å². The standard InChI is InChI=1S/C16H18N2OS/c1-12(13-8-10-15(19-2)11-9-13)17-16(20)18-14-6-4-3-5-7-14/h3-12H,1-2H3,(H2,17,18,20). The maximum absolute atomic E-state index is 5.31. The summed E-state index contributed by atoms with van der Waals surface area (Å²) in [6.45, 7) is 2.07. The van der Waals surface area contributed by atoms with Crippen molar-refractivity contribution in [2.24, 2.45) is 0 Å². The molecule has 2 aromatic rings. The lowest BCUT2D eigenvalue weighted by atomic mass is 10.1. The fraction of sp³-hybridized carbons (Fsp3) is 0.188. The summed E-state index contributed by atoms with van der Waals surface area (Å²) in [6.07, 6.45) is 0. The summed E-state index contributed by atoms with van der Waals surface area (Å²) in [5.74, 6) is 0.853. The number of rotatable bonds is 4. The third-order valence-electron chi connectivity index (χ3n) is 3.00. The van der Waals surface area contributed by atoms with Crippen molar-refractivity contribution >= 4 is 23.0 Å². The van der Waals surface area contributed by atoms with E-state index in [2.05, 4.69) is 17.6 Å². The van der Waals surface area contributed by atoms with Crippen molar-refractivity contribution in [1.29, 1.82) is 0 Å². The van der Waals surface area contributed by atoms with E-state index < -0.39 is 0 Å². The van der Waals surface area contributed by atoms with Gasteiger partial charge in [-0.25, -0.2) is 0 Å². The normalized spacial score (nSPS) is 11.5. The smallest absolute Gasteiger partial charge is 0.171 e. The molecule has 0 saturated heterocycles. The molecule has 0 aliphatic rings. The first-order chi connectivity index (χ1) is 9.69. The van der Waals surface area contributed by atoms with E-state index in [0.29, 0.717) is 5.11 Å². The predicted octanol–water partition coefficient (Wildman–Crippen LogP) is 3.74. The number of ether oxygens (including phenoxy) is 1. The van der Waals surface area contributed by atoms with E-state index in [9.17, 15) is 0 Å². The number of anilines is 1. The molecular weight excluding hydrogens is 268 g/mol. The molecule has 0 aliphatic carbocycles. The van der Waals surface area contributed by atoms with Gasteiger partial charge in [-0.2, -0.15) is 0 Å². The highest BCUT2D eigenvalue weighted by atomic mass is 32.1. The SMILES string of the molecule is COc1ccc(C(C)NC(=S)Nc2ccccc2)cc1. The monoisotopic (exact) mass is 286 g/mol. The summed E-state index contributed by atoms with van der Waals surface area (Å²) in [7, 11) is 1.66. The molecule has 0 saturated carbocycles. The molecule has 0 amide bonds. The molecule has 2 aromatic carbocycles. The molecule has 2 rings (SSSR count). The zero-order valence-electron chi connectivity index (χ0n) is 11.6. The quantitative estimate of drug-likeness (QED) is 0.839. The Labute approximate surface area is 125 Å². The minimum atomic E-state index is 0.129. The van der Waals surface area contributed by atoms with Gasteiger partial charge in [0, 0.05) is 5.69 Å². The van der Waals surface area contributed by atoms with Crippen LogP contribution in [0, 0.1) is 0 Å². The van der Waals surface area contributed by atoms with Gasteiger partial charge < -0.3 is 15.4 Å². The average molecular weight is 286 g/mol. The first kappa shape index (κ1) is 14.3. The van der Waals surface area contributed by atoms with E-state index in [-0.39, 0.29) is 6.04 Å². The Morgan fingerprint density at radius 3 is 2.30 bits per heavy atom. The van der Waals surface area contributed by atoms with Crippen LogP contribution in [0.4, 0.5) is 5.69 Å². The minimum Gasteiger partial charge on any atom is -0.497 e.